The molecule has 9 nitrogen and oxygen atoms in total. The van der Waals surface area contributed by atoms with Gasteiger partial charge < -0.3 is 20.3 Å². The van der Waals surface area contributed by atoms with E-state index in [4.69, 9.17) is 4.74 Å². The first-order valence-corrected chi connectivity index (χ1v) is 15.4. The minimum Gasteiger partial charge on any atom is -0.378 e. The molecule has 3 aromatic rings. The monoisotopic (exact) mass is 589 g/mol. The second-order valence-electron chi connectivity index (χ2n) is 9.94. The first-order chi connectivity index (χ1) is 20.3. The van der Waals surface area contributed by atoms with Gasteiger partial charge in [0.15, 0.2) is 15.6 Å². The molecule has 0 aliphatic carbocycles. The topological polar surface area (TPSA) is 122 Å². The Bertz CT molecular complexity index is 1460. The maximum absolute atomic E-state index is 13.7. The number of amides is 3. The second kappa shape index (κ2) is 15.1. The molecule has 1 aliphatic rings. The van der Waals surface area contributed by atoms with Gasteiger partial charge in [0.1, 0.15) is 6.04 Å². The lowest BCUT2D eigenvalue weighted by molar-refractivity contribution is -0.127. The van der Waals surface area contributed by atoms with Gasteiger partial charge in [-0.1, -0.05) is 78.9 Å². The average Bonchev–Trinajstić information content (AvgIpc) is 3.03. The number of nitrogens with one attached hydrogen (secondary N) is 2. The molecule has 4 rings (SSSR count). The van der Waals surface area contributed by atoms with E-state index in [1.807, 2.05) is 60.7 Å². The van der Waals surface area contributed by atoms with E-state index in [1.165, 1.54) is 12.1 Å². The van der Waals surface area contributed by atoms with Crippen LogP contribution in [0.4, 0.5) is 4.79 Å². The Kier molecular flexibility index (Phi) is 11.0. The van der Waals surface area contributed by atoms with Gasteiger partial charge in [-0.3, -0.25) is 9.59 Å². The molecule has 1 saturated heterocycles. The van der Waals surface area contributed by atoms with Gasteiger partial charge in [0, 0.05) is 24.9 Å². The molecule has 1 fully saturated rings. The summed E-state index contributed by atoms with van der Waals surface area (Å²) in [6, 6.07) is 24.2. The highest BCUT2D eigenvalue weighted by atomic mass is 32.2. The van der Waals surface area contributed by atoms with E-state index in [-0.39, 0.29) is 17.7 Å². The van der Waals surface area contributed by atoms with Crippen LogP contribution in [0.5, 0.6) is 0 Å². The van der Waals surface area contributed by atoms with Gasteiger partial charge in [0.25, 0.3) is 0 Å². The zero-order valence-electron chi connectivity index (χ0n) is 23.2. The van der Waals surface area contributed by atoms with E-state index in [0.29, 0.717) is 32.7 Å². The summed E-state index contributed by atoms with van der Waals surface area (Å²) in [6.45, 7) is 1.64. The van der Waals surface area contributed by atoms with Crippen molar-refractivity contribution in [3.63, 3.8) is 0 Å². The van der Waals surface area contributed by atoms with Crippen LogP contribution in [0.1, 0.15) is 17.5 Å². The number of urea groups is 1. The number of morpholine rings is 1. The Morgan fingerprint density at radius 3 is 1.98 bits per heavy atom. The van der Waals surface area contributed by atoms with Crippen LogP contribution in [0.2, 0.25) is 0 Å². The van der Waals surface area contributed by atoms with Gasteiger partial charge in [-0.2, -0.15) is 0 Å². The van der Waals surface area contributed by atoms with Crippen molar-refractivity contribution in [2.24, 2.45) is 0 Å². The van der Waals surface area contributed by atoms with Crippen molar-refractivity contribution < 1.29 is 27.5 Å². The van der Waals surface area contributed by atoms with Gasteiger partial charge in [-0.05, 0) is 42.2 Å². The molecule has 0 unspecified atom stereocenters. The molecule has 3 amide bonds. The zero-order valence-corrected chi connectivity index (χ0v) is 24.0. The van der Waals surface area contributed by atoms with Crippen LogP contribution in [-0.2, 0) is 37.0 Å². The molecule has 0 spiro atoms. The summed E-state index contributed by atoms with van der Waals surface area (Å²) in [7, 11) is -3.86. The lowest BCUT2D eigenvalue weighted by atomic mass is 10.0. The first kappa shape index (κ1) is 30.7. The largest absolute Gasteiger partial charge is 0.378 e. The molecule has 0 radical (unpaired) electrons. The zero-order chi connectivity index (χ0) is 29.8. The molecular weight excluding hydrogens is 554 g/mol. The fraction of sp³-hybridized carbons (Fsp3) is 0.281. The molecule has 42 heavy (non-hydrogen) atoms. The van der Waals surface area contributed by atoms with Crippen molar-refractivity contribution in [3.05, 3.63) is 114 Å². The van der Waals surface area contributed by atoms with Crippen molar-refractivity contribution in [1.29, 1.82) is 0 Å². The van der Waals surface area contributed by atoms with Gasteiger partial charge in [0.05, 0.1) is 24.2 Å². The third kappa shape index (κ3) is 9.12. The molecule has 0 bridgehead atoms. The number of aryl methyl sites for hydroxylation is 1. The van der Waals surface area contributed by atoms with Gasteiger partial charge in [-0.25, -0.2) is 13.2 Å². The van der Waals surface area contributed by atoms with E-state index >= 15 is 0 Å². The Balaban J connectivity index is 1.53. The van der Waals surface area contributed by atoms with Crippen LogP contribution in [-0.4, -0.2) is 69.4 Å². The molecule has 2 atom stereocenters. The number of ketones is 1. The lowest BCUT2D eigenvalue weighted by Gasteiger charge is -2.29. The summed E-state index contributed by atoms with van der Waals surface area (Å²) in [6.07, 6.45) is 1.91. The Labute approximate surface area is 246 Å². The van der Waals surface area contributed by atoms with E-state index in [1.54, 1.807) is 23.1 Å². The minimum absolute atomic E-state index is 0.0627. The van der Waals surface area contributed by atoms with Crippen LogP contribution in [0.3, 0.4) is 0 Å². The van der Waals surface area contributed by atoms with Crippen molar-refractivity contribution >= 4 is 27.6 Å². The van der Waals surface area contributed by atoms with E-state index < -0.39 is 39.6 Å². The summed E-state index contributed by atoms with van der Waals surface area (Å²) in [4.78, 5) is 41.7. The number of sulfone groups is 1. The van der Waals surface area contributed by atoms with E-state index in [0.717, 1.165) is 22.6 Å². The van der Waals surface area contributed by atoms with Gasteiger partial charge in [0.2, 0.25) is 5.91 Å². The number of hydrogen-bond acceptors (Lipinski definition) is 6. The van der Waals surface area contributed by atoms with Crippen molar-refractivity contribution in [1.82, 2.24) is 15.5 Å². The second-order valence-corrected chi connectivity index (χ2v) is 11.8. The fourth-order valence-corrected chi connectivity index (χ4v) is 5.55. The maximum Gasteiger partial charge on any atom is 0.318 e. The highest BCUT2D eigenvalue weighted by molar-refractivity contribution is 7.94. The van der Waals surface area contributed by atoms with Crippen molar-refractivity contribution in [2.75, 3.05) is 26.3 Å². The molecule has 0 saturated carbocycles. The number of rotatable bonds is 12. The predicted molar refractivity (Wildman–Crippen MR) is 159 cm³/mol. The molecule has 1 heterocycles. The third-order valence-corrected chi connectivity index (χ3v) is 8.33. The molecule has 220 valence electrons. The Morgan fingerprint density at radius 2 is 1.36 bits per heavy atom. The number of nitrogens with zero attached hydrogens (tertiary/aromatic N) is 1. The van der Waals surface area contributed by atoms with E-state index in [2.05, 4.69) is 10.6 Å². The molecule has 1 aliphatic heterocycles. The molecular formula is C32H35N3O6S. The normalized spacial score (nSPS) is 15.1. The lowest BCUT2D eigenvalue weighted by Crippen LogP contribution is -2.56. The highest BCUT2D eigenvalue weighted by Crippen LogP contribution is 2.13. The van der Waals surface area contributed by atoms with Crippen LogP contribution in [0.25, 0.3) is 0 Å². The summed E-state index contributed by atoms with van der Waals surface area (Å²) < 4.78 is 30.8. The van der Waals surface area contributed by atoms with Crippen LogP contribution >= 0.6 is 0 Å². The van der Waals surface area contributed by atoms with Crippen molar-refractivity contribution in [2.45, 2.75) is 36.2 Å². The number of ether oxygens (including phenoxy) is 1. The Morgan fingerprint density at radius 1 is 0.786 bits per heavy atom. The number of carbonyl (C=O) groups excluding carboxylic acids is 3. The smallest absolute Gasteiger partial charge is 0.318 e. The summed E-state index contributed by atoms with van der Waals surface area (Å²) in [5.41, 5.74) is 1.80. The number of benzene rings is 3. The standard InChI is InChI=1S/C32H35N3O6S/c36-30(18-23-42(39,40)27-14-8-3-9-15-27)28(17-16-25-10-4-1-5-11-25)33-31(37)29(24-26-12-6-2-7-13-26)34-32(38)35-19-21-41-22-20-35/h1-15,18,23,28-29H,16-17,19-22,24H2,(H,33,37)(H,34,38)/t28-,29-/m0/s1. The fourth-order valence-electron chi connectivity index (χ4n) is 4.54. The van der Waals surface area contributed by atoms with Gasteiger partial charge in [-0.15, -0.1) is 0 Å². The quantitative estimate of drug-likeness (QED) is 0.313. The minimum atomic E-state index is -3.86. The molecule has 3 aromatic carbocycles. The van der Waals surface area contributed by atoms with Crippen LogP contribution in [0.15, 0.2) is 107 Å². The molecule has 2 N–H and O–H groups in total. The highest BCUT2D eigenvalue weighted by Gasteiger charge is 2.28. The predicted octanol–water partition coefficient (Wildman–Crippen LogP) is 3.31. The number of carbonyl (C=O) groups is 3. The van der Waals surface area contributed by atoms with Crippen LogP contribution < -0.4 is 10.6 Å². The average molecular weight is 590 g/mol. The summed E-state index contributed by atoms with van der Waals surface area (Å²) in [5.74, 6) is -1.09. The summed E-state index contributed by atoms with van der Waals surface area (Å²) >= 11 is 0. The summed E-state index contributed by atoms with van der Waals surface area (Å²) in [5, 5.41) is 6.49. The SMILES string of the molecule is O=C(C=CS(=O)(=O)c1ccccc1)[C@H](CCc1ccccc1)NC(=O)[C@H](Cc1ccccc1)NC(=O)N1CCOCC1. The van der Waals surface area contributed by atoms with E-state index in [9.17, 15) is 22.8 Å². The third-order valence-electron chi connectivity index (χ3n) is 6.90. The van der Waals surface area contributed by atoms with Crippen LogP contribution in [0, 0.1) is 0 Å². The number of hydrogen-bond donors (Lipinski definition) is 2. The maximum atomic E-state index is 13.7. The Hall–Kier alpha value is -4.28. The van der Waals surface area contributed by atoms with Gasteiger partial charge >= 0.3 is 6.03 Å². The molecule has 0 aromatic heterocycles. The molecule has 10 heteroatoms. The first-order valence-electron chi connectivity index (χ1n) is 13.9. The van der Waals surface area contributed by atoms with Crippen molar-refractivity contribution in [3.8, 4) is 0 Å².